The molecule has 0 aliphatic rings. The molecule has 0 N–H and O–H groups in total. The molecule has 0 bridgehead atoms. The van der Waals surface area contributed by atoms with Crippen molar-refractivity contribution in [1.29, 1.82) is 5.26 Å². The van der Waals surface area contributed by atoms with E-state index in [9.17, 15) is 9.59 Å². The van der Waals surface area contributed by atoms with E-state index in [1.807, 2.05) is 42.5 Å². The molecule has 29 heavy (non-hydrogen) atoms. The number of rotatable bonds is 7. The highest BCUT2D eigenvalue weighted by molar-refractivity contribution is 5.97. The summed E-state index contributed by atoms with van der Waals surface area (Å²) in [6.45, 7) is -0.594. The first-order chi connectivity index (χ1) is 14.2. The number of amides is 1. The molecule has 3 rings (SSSR count). The lowest BCUT2D eigenvalue weighted by molar-refractivity contribution is -0.121. The van der Waals surface area contributed by atoms with Gasteiger partial charge in [-0.05, 0) is 48.5 Å². The quantitative estimate of drug-likeness (QED) is 0.449. The molecule has 0 saturated carbocycles. The fourth-order valence-corrected chi connectivity index (χ4v) is 2.57. The largest absolute Gasteiger partial charge is 0.457 e. The Morgan fingerprint density at radius 1 is 0.828 bits per heavy atom. The summed E-state index contributed by atoms with van der Waals surface area (Å²) in [6, 6.07) is 26.4. The van der Waals surface area contributed by atoms with Crippen LogP contribution in [0.3, 0.4) is 0 Å². The van der Waals surface area contributed by atoms with E-state index in [0.29, 0.717) is 22.7 Å². The maximum absolute atomic E-state index is 12.4. The molecule has 6 nitrogen and oxygen atoms in total. The van der Waals surface area contributed by atoms with E-state index in [4.69, 9.17) is 14.7 Å². The average molecular weight is 386 g/mol. The van der Waals surface area contributed by atoms with Gasteiger partial charge in [-0.2, -0.15) is 5.26 Å². The maximum atomic E-state index is 12.4. The zero-order valence-electron chi connectivity index (χ0n) is 15.5. The zero-order valence-corrected chi connectivity index (χ0v) is 15.5. The minimum Gasteiger partial charge on any atom is -0.457 e. The van der Waals surface area contributed by atoms with E-state index in [1.54, 1.807) is 48.5 Å². The average Bonchev–Trinajstić information content (AvgIpc) is 2.77. The van der Waals surface area contributed by atoms with Gasteiger partial charge in [-0.15, -0.1) is 0 Å². The molecule has 0 spiro atoms. The van der Waals surface area contributed by atoms with E-state index in [2.05, 4.69) is 0 Å². The first-order valence-corrected chi connectivity index (χ1v) is 8.90. The van der Waals surface area contributed by atoms with Crippen molar-refractivity contribution in [3.8, 4) is 17.6 Å². The molecule has 6 heteroatoms. The first-order valence-electron chi connectivity index (χ1n) is 8.90. The van der Waals surface area contributed by atoms with Gasteiger partial charge < -0.3 is 9.47 Å². The Kier molecular flexibility index (Phi) is 6.58. The third-order valence-electron chi connectivity index (χ3n) is 3.99. The van der Waals surface area contributed by atoms with Crippen LogP contribution >= 0.6 is 0 Å². The second kappa shape index (κ2) is 9.72. The number of nitrogens with zero attached hydrogens (tertiary/aromatic N) is 2. The third-order valence-corrected chi connectivity index (χ3v) is 3.99. The summed E-state index contributed by atoms with van der Waals surface area (Å²) in [5.41, 5.74) is 0.863. The highest BCUT2D eigenvalue weighted by Gasteiger charge is 2.18. The third kappa shape index (κ3) is 5.44. The van der Waals surface area contributed by atoms with Crippen LogP contribution in [0.15, 0.2) is 84.9 Å². The van der Waals surface area contributed by atoms with Crippen LogP contribution in [0.5, 0.6) is 11.5 Å². The van der Waals surface area contributed by atoms with Crippen LogP contribution in [0.25, 0.3) is 0 Å². The molecule has 0 fully saturated rings. The predicted octanol–water partition coefficient (Wildman–Crippen LogP) is 4.19. The molecule has 144 valence electrons. The lowest BCUT2D eigenvalue weighted by atomic mass is 10.2. The van der Waals surface area contributed by atoms with Crippen molar-refractivity contribution in [3.63, 3.8) is 0 Å². The first kappa shape index (κ1) is 19.6. The highest BCUT2D eigenvalue weighted by atomic mass is 16.5. The molecule has 0 aliphatic carbocycles. The zero-order chi connectivity index (χ0) is 20.5. The van der Waals surface area contributed by atoms with Crippen LogP contribution in [0, 0.1) is 11.3 Å². The number of ether oxygens (including phenoxy) is 2. The summed E-state index contributed by atoms with van der Waals surface area (Å²) in [6.07, 6.45) is 0. The Labute approximate surface area is 168 Å². The van der Waals surface area contributed by atoms with Gasteiger partial charge in [-0.3, -0.25) is 9.69 Å². The summed E-state index contributed by atoms with van der Waals surface area (Å²) >= 11 is 0. The van der Waals surface area contributed by atoms with Gasteiger partial charge in [0.05, 0.1) is 11.6 Å². The molecule has 0 unspecified atom stereocenters. The molecule has 0 aliphatic heterocycles. The van der Waals surface area contributed by atoms with Gasteiger partial charge in [-0.25, -0.2) is 4.79 Å². The topological polar surface area (TPSA) is 79.6 Å². The van der Waals surface area contributed by atoms with Crippen molar-refractivity contribution in [2.45, 2.75) is 0 Å². The van der Waals surface area contributed by atoms with Crippen LogP contribution in [0.1, 0.15) is 10.4 Å². The molecule has 3 aromatic carbocycles. The normalized spacial score (nSPS) is 9.90. The van der Waals surface area contributed by atoms with Crippen molar-refractivity contribution in [2.75, 3.05) is 18.1 Å². The van der Waals surface area contributed by atoms with Crippen molar-refractivity contribution >= 4 is 17.6 Å². The van der Waals surface area contributed by atoms with Crippen molar-refractivity contribution < 1.29 is 19.1 Å². The Hall–Kier alpha value is -4.11. The number of anilines is 1. The van der Waals surface area contributed by atoms with Gasteiger partial charge in [0, 0.05) is 5.69 Å². The number of carbonyl (C=O) groups is 2. The molecule has 3 aromatic rings. The number of para-hydroxylation sites is 2. The number of nitriles is 1. The van der Waals surface area contributed by atoms with E-state index < -0.39 is 18.5 Å². The minimum atomic E-state index is -0.630. The summed E-state index contributed by atoms with van der Waals surface area (Å²) in [5, 5.41) is 8.97. The maximum Gasteiger partial charge on any atom is 0.338 e. The highest BCUT2D eigenvalue weighted by Crippen LogP contribution is 2.21. The fraction of sp³-hybridized carbons (Fsp3) is 0.0870. The Morgan fingerprint density at radius 3 is 2.03 bits per heavy atom. The monoisotopic (exact) mass is 386 g/mol. The van der Waals surface area contributed by atoms with Crippen LogP contribution in [0.2, 0.25) is 0 Å². The van der Waals surface area contributed by atoms with Gasteiger partial charge in [0.15, 0.2) is 6.61 Å². The van der Waals surface area contributed by atoms with E-state index in [0.717, 1.165) is 0 Å². The SMILES string of the molecule is N#CCN(C(=O)COC(=O)c1ccc(Oc2ccccc2)cc1)c1ccccc1. The molecule has 0 radical (unpaired) electrons. The number of hydrogen-bond donors (Lipinski definition) is 0. The summed E-state index contributed by atoms with van der Waals surface area (Å²) < 4.78 is 10.8. The summed E-state index contributed by atoms with van der Waals surface area (Å²) in [7, 11) is 0. The minimum absolute atomic E-state index is 0.133. The molecule has 1 amide bonds. The fourth-order valence-electron chi connectivity index (χ4n) is 2.57. The summed E-state index contributed by atoms with van der Waals surface area (Å²) in [4.78, 5) is 25.9. The number of hydrogen-bond acceptors (Lipinski definition) is 5. The Balaban J connectivity index is 1.58. The standard InChI is InChI=1S/C23H18N2O4/c24-15-16-25(19-7-3-1-4-8-19)22(26)17-28-23(27)18-11-13-21(14-12-18)29-20-9-5-2-6-10-20/h1-14H,16-17H2. The van der Waals surface area contributed by atoms with Gasteiger partial charge in [0.25, 0.3) is 5.91 Å². The smallest absolute Gasteiger partial charge is 0.338 e. The van der Waals surface area contributed by atoms with Gasteiger partial charge in [0.1, 0.15) is 18.0 Å². The molecule has 0 saturated heterocycles. The lowest BCUT2D eigenvalue weighted by Crippen LogP contribution is -2.35. The van der Waals surface area contributed by atoms with E-state index in [1.165, 1.54) is 4.90 Å². The van der Waals surface area contributed by atoms with Crippen LogP contribution in [0.4, 0.5) is 5.69 Å². The van der Waals surface area contributed by atoms with Crippen LogP contribution in [-0.2, 0) is 9.53 Å². The van der Waals surface area contributed by atoms with E-state index in [-0.39, 0.29) is 6.54 Å². The van der Waals surface area contributed by atoms with Gasteiger partial charge in [-0.1, -0.05) is 36.4 Å². The number of carbonyl (C=O) groups excluding carboxylic acids is 2. The Morgan fingerprint density at radius 2 is 1.41 bits per heavy atom. The molecular formula is C23H18N2O4. The van der Waals surface area contributed by atoms with Gasteiger partial charge >= 0.3 is 5.97 Å². The number of esters is 1. The van der Waals surface area contributed by atoms with Crippen molar-refractivity contribution in [3.05, 3.63) is 90.5 Å². The van der Waals surface area contributed by atoms with E-state index >= 15 is 0 Å². The second-order valence-corrected chi connectivity index (χ2v) is 5.99. The predicted molar refractivity (Wildman–Crippen MR) is 108 cm³/mol. The van der Waals surface area contributed by atoms with Crippen LogP contribution < -0.4 is 9.64 Å². The van der Waals surface area contributed by atoms with Gasteiger partial charge in [0.2, 0.25) is 0 Å². The lowest BCUT2D eigenvalue weighted by Gasteiger charge is -2.19. The molecular weight excluding hydrogens is 368 g/mol. The molecule has 0 heterocycles. The number of benzene rings is 3. The van der Waals surface area contributed by atoms with Crippen molar-refractivity contribution in [1.82, 2.24) is 0 Å². The van der Waals surface area contributed by atoms with Crippen molar-refractivity contribution in [2.24, 2.45) is 0 Å². The second-order valence-electron chi connectivity index (χ2n) is 5.99. The van der Waals surface area contributed by atoms with Crippen LogP contribution in [-0.4, -0.2) is 25.0 Å². The Bertz CT molecular complexity index is 997. The molecule has 0 atom stereocenters. The summed E-state index contributed by atoms with van der Waals surface area (Å²) in [5.74, 6) is 0.157. The molecule has 0 aromatic heterocycles.